The van der Waals surface area contributed by atoms with Crippen LogP contribution in [0, 0.1) is 0 Å². The second-order valence-corrected chi connectivity index (χ2v) is 7.17. The van der Waals surface area contributed by atoms with E-state index in [2.05, 4.69) is 17.2 Å². The van der Waals surface area contributed by atoms with Crippen LogP contribution in [0.2, 0.25) is 0 Å². The average molecular weight is 385 g/mol. The van der Waals surface area contributed by atoms with Gasteiger partial charge in [-0.25, -0.2) is 4.98 Å². The van der Waals surface area contributed by atoms with E-state index >= 15 is 0 Å². The highest BCUT2D eigenvalue weighted by molar-refractivity contribution is 7.18. The maximum absolute atomic E-state index is 12.5. The Hall–Kier alpha value is -2.60. The van der Waals surface area contributed by atoms with E-state index in [0.29, 0.717) is 36.8 Å². The number of thiazole rings is 1. The number of aromatic nitrogens is 1. The summed E-state index contributed by atoms with van der Waals surface area (Å²) in [4.78, 5) is 17.1. The van der Waals surface area contributed by atoms with Gasteiger partial charge in [-0.15, -0.1) is 11.3 Å². The largest absolute Gasteiger partial charge is 0.490 e. The highest BCUT2D eigenvalue weighted by atomic mass is 32.1. The summed E-state index contributed by atoms with van der Waals surface area (Å²) in [5.74, 6) is 1.12. The third-order valence-corrected chi connectivity index (χ3v) is 5.04. The van der Waals surface area contributed by atoms with Crippen molar-refractivity contribution < 1.29 is 14.3 Å². The molecule has 1 heterocycles. The Labute approximate surface area is 163 Å². The van der Waals surface area contributed by atoms with Gasteiger partial charge in [-0.1, -0.05) is 25.5 Å². The van der Waals surface area contributed by atoms with Crippen molar-refractivity contribution in [3.63, 3.8) is 0 Å². The Morgan fingerprint density at radius 2 is 1.96 bits per heavy atom. The third-order valence-electron chi connectivity index (χ3n) is 4.00. The molecule has 1 amide bonds. The number of unbranched alkanes of at least 4 members (excludes halogenated alkanes) is 1. The van der Waals surface area contributed by atoms with E-state index in [1.54, 1.807) is 29.5 Å². The van der Waals surface area contributed by atoms with Crippen LogP contribution in [0.1, 0.15) is 42.1 Å². The Morgan fingerprint density at radius 1 is 1.11 bits per heavy atom. The van der Waals surface area contributed by atoms with Gasteiger partial charge in [-0.05, 0) is 43.7 Å². The molecule has 2 aromatic carbocycles. The van der Waals surface area contributed by atoms with Crippen LogP contribution in [0.4, 0.5) is 0 Å². The van der Waals surface area contributed by atoms with Crippen LogP contribution in [0.15, 0.2) is 42.5 Å². The Bertz CT molecular complexity index is 874. The van der Waals surface area contributed by atoms with E-state index in [4.69, 9.17) is 9.47 Å². The Morgan fingerprint density at radius 3 is 2.74 bits per heavy atom. The minimum Gasteiger partial charge on any atom is -0.490 e. The molecule has 0 bridgehead atoms. The van der Waals surface area contributed by atoms with Crippen molar-refractivity contribution in [3.8, 4) is 11.5 Å². The van der Waals surface area contributed by atoms with E-state index in [0.717, 1.165) is 28.1 Å². The van der Waals surface area contributed by atoms with Gasteiger partial charge in [0.25, 0.3) is 5.91 Å². The van der Waals surface area contributed by atoms with Gasteiger partial charge in [-0.3, -0.25) is 4.79 Å². The number of amides is 1. The maximum atomic E-state index is 12.5. The van der Waals surface area contributed by atoms with Crippen LogP contribution < -0.4 is 14.8 Å². The lowest BCUT2D eigenvalue weighted by atomic mass is 10.2. The first kappa shape index (κ1) is 19.2. The highest BCUT2D eigenvalue weighted by Crippen LogP contribution is 2.29. The van der Waals surface area contributed by atoms with Crippen molar-refractivity contribution in [2.45, 2.75) is 33.2 Å². The lowest BCUT2D eigenvalue weighted by Crippen LogP contribution is -2.22. The van der Waals surface area contributed by atoms with Gasteiger partial charge < -0.3 is 14.8 Å². The summed E-state index contributed by atoms with van der Waals surface area (Å²) < 4.78 is 12.5. The van der Waals surface area contributed by atoms with Crippen molar-refractivity contribution >= 4 is 27.5 Å². The summed E-state index contributed by atoms with van der Waals surface area (Å²) in [5, 5.41) is 3.81. The van der Waals surface area contributed by atoms with Crippen LogP contribution >= 0.6 is 11.3 Å². The van der Waals surface area contributed by atoms with Gasteiger partial charge in [0.05, 0.1) is 30.0 Å². The molecule has 142 valence electrons. The molecule has 3 aromatic rings. The molecule has 0 aliphatic rings. The monoisotopic (exact) mass is 384 g/mol. The number of hydrogen-bond donors (Lipinski definition) is 1. The first-order valence-corrected chi connectivity index (χ1v) is 10.0. The van der Waals surface area contributed by atoms with Crippen LogP contribution in [0.5, 0.6) is 11.5 Å². The van der Waals surface area contributed by atoms with Gasteiger partial charge in [0, 0.05) is 5.56 Å². The average Bonchev–Trinajstić information content (AvgIpc) is 3.10. The number of fused-ring (bicyclic) bond motifs is 1. The van der Waals surface area contributed by atoms with Crippen LogP contribution in [0.25, 0.3) is 10.2 Å². The van der Waals surface area contributed by atoms with Crippen molar-refractivity contribution in [3.05, 3.63) is 53.0 Å². The molecule has 3 rings (SSSR count). The summed E-state index contributed by atoms with van der Waals surface area (Å²) in [5.41, 5.74) is 1.50. The number of carbonyl (C=O) groups excluding carboxylic acids is 1. The fourth-order valence-corrected chi connectivity index (χ4v) is 3.52. The molecule has 1 N–H and O–H groups in total. The highest BCUT2D eigenvalue weighted by Gasteiger charge is 2.12. The Kier molecular flexibility index (Phi) is 6.65. The van der Waals surface area contributed by atoms with Crippen LogP contribution in [-0.2, 0) is 6.54 Å². The summed E-state index contributed by atoms with van der Waals surface area (Å²) in [6.45, 7) is 5.58. The molecule has 27 heavy (non-hydrogen) atoms. The number of ether oxygens (including phenoxy) is 2. The van der Waals surface area contributed by atoms with Crippen molar-refractivity contribution in [1.29, 1.82) is 0 Å². The smallest absolute Gasteiger partial charge is 0.251 e. The molecule has 1 aromatic heterocycles. The molecule has 0 aliphatic carbocycles. The van der Waals surface area contributed by atoms with Gasteiger partial charge in [0.2, 0.25) is 0 Å². The summed E-state index contributed by atoms with van der Waals surface area (Å²) in [6, 6.07) is 13.3. The normalized spacial score (nSPS) is 10.7. The number of rotatable bonds is 9. The van der Waals surface area contributed by atoms with Crippen molar-refractivity contribution in [2.24, 2.45) is 0 Å². The lowest BCUT2D eigenvalue weighted by Gasteiger charge is -2.13. The lowest BCUT2D eigenvalue weighted by molar-refractivity contribution is 0.0950. The predicted octanol–water partition coefficient (Wildman–Crippen LogP) is 4.80. The standard InChI is InChI=1S/C21H24N2O3S/c1-3-5-12-26-17-11-10-15(13-18(17)25-4-2)21(24)22-14-20-23-16-8-6-7-9-19(16)27-20/h6-11,13H,3-5,12,14H2,1-2H3,(H,22,24). The molecule has 0 spiro atoms. The van der Waals surface area contributed by atoms with Gasteiger partial charge in [0.15, 0.2) is 11.5 Å². The summed E-state index contributed by atoms with van der Waals surface area (Å²) >= 11 is 1.59. The van der Waals surface area contributed by atoms with E-state index in [9.17, 15) is 4.79 Å². The summed E-state index contributed by atoms with van der Waals surface area (Å²) in [6.07, 6.45) is 2.05. The first-order valence-electron chi connectivity index (χ1n) is 9.23. The van der Waals surface area contributed by atoms with Crippen molar-refractivity contribution in [1.82, 2.24) is 10.3 Å². The number of nitrogens with one attached hydrogen (secondary N) is 1. The fraction of sp³-hybridized carbons (Fsp3) is 0.333. The number of carbonyl (C=O) groups is 1. The quantitative estimate of drug-likeness (QED) is 0.538. The number of benzene rings is 2. The number of nitrogens with zero attached hydrogens (tertiary/aromatic N) is 1. The fourth-order valence-electron chi connectivity index (χ4n) is 2.62. The van der Waals surface area contributed by atoms with Crippen LogP contribution in [0.3, 0.4) is 0 Å². The molecule has 0 radical (unpaired) electrons. The predicted molar refractivity (Wildman–Crippen MR) is 109 cm³/mol. The van der Waals surface area contributed by atoms with E-state index < -0.39 is 0 Å². The minimum absolute atomic E-state index is 0.157. The van der Waals surface area contributed by atoms with E-state index in [1.807, 2.05) is 31.2 Å². The van der Waals surface area contributed by atoms with Gasteiger partial charge in [0.1, 0.15) is 5.01 Å². The molecule has 0 saturated carbocycles. The molecule has 0 fully saturated rings. The Balaban J connectivity index is 1.66. The first-order chi connectivity index (χ1) is 13.2. The molecule has 6 heteroatoms. The zero-order valence-corrected chi connectivity index (χ0v) is 16.5. The van der Waals surface area contributed by atoms with Gasteiger partial charge >= 0.3 is 0 Å². The van der Waals surface area contributed by atoms with E-state index in [-0.39, 0.29) is 5.91 Å². The zero-order valence-electron chi connectivity index (χ0n) is 15.7. The summed E-state index contributed by atoms with van der Waals surface area (Å²) in [7, 11) is 0. The zero-order chi connectivity index (χ0) is 19.1. The molecule has 0 atom stereocenters. The molecular formula is C21H24N2O3S. The minimum atomic E-state index is -0.157. The SMILES string of the molecule is CCCCOc1ccc(C(=O)NCc2nc3ccccc3s2)cc1OCC. The second-order valence-electron chi connectivity index (χ2n) is 6.05. The molecule has 0 unspecified atom stereocenters. The number of hydrogen-bond acceptors (Lipinski definition) is 5. The number of para-hydroxylation sites is 1. The van der Waals surface area contributed by atoms with Crippen molar-refractivity contribution in [2.75, 3.05) is 13.2 Å². The third kappa shape index (κ3) is 4.98. The van der Waals surface area contributed by atoms with Crippen LogP contribution in [-0.4, -0.2) is 24.1 Å². The molecule has 0 saturated heterocycles. The maximum Gasteiger partial charge on any atom is 0.251 e. The van der Waals surface area contributed by atoms with E-state index in [1.165, 1.54) is 0 Å². The van der Waals surface area contributed by atoms with Gasteiger partial charge in [-0.2, -0.15) is 0 Å². The molecule has 0 aliphatic heterocycles. The topological polar surface area (TPSA) is 60.5 Å². The molecule has 5 nitrogen and oxygen atoms in total. The second kappa shape index (κ2) is 9.37. The molecular weight excluding hydrogens is 360 g/mol.